The molecule has 134 valence electrons. The number of carbonyl (C=O) groups is 1. The van der Waals surface area contributed by atoms with E-state index in [1.807, 2.05) is 56.5 Å². The van der Waals surface area contributed by atoms with E-state index in [1.165, 1.54) is 0 Å². The lowest BCUT2D eigenvalue weighted by molar-refractivity contribution is -0.118. The molecule has 0 saturated heterocycles. The smallest absolute Gasteiger partial charge is 0.262 e. The Labute approximate surface area is 152 Å². The molecule has 1 amide bonds. The highest BCUT2D eigenvalue weighted by molar-refractivity contribution is 5.91. The molecule has 2 aromatic heterocycles. The molecule has 0 bridgehead atoms. The van der Waals surface area contributed by atoms with Crippen LogP contribution in [0, 0.1) is 27.7 Å². The quantitative estimate of drug-likeness (QED) is 0.764. The van der Waals surface area contributed by atoms with E-state index in [1.54, 1.807) is 12.4 Å². The van der Waals surface area contributed by atoms with Gasteiger partial charge in [0.15, 0.2) is 6.61 Å². The van der Waals surface area contributed by atoms with E-state index in [2.05, 4.69) is 20.3 Å². The zero-order valence-electron chi connectivity index (χ0n) is 15.3. The van der Waals surface area contributed by atoms with E-state index in [0.29, 0.717) is 17.4 Å². The Balaban J connectivity index is 1.63. The summed E-state index contributed by atoms with van der Waals surface area (Å²) in [6, 6.07) is 7.55. The van der Waals surface area contributed by atoms with E-state index >= 15 is 0 Å². The first kappa shape index (κ1) is 17.6. The number of imidazole rings is 1. The SMILES string of the molecule is Cc1cccc(OCC(=O)Nc2cnc(-n3c(C)nc(C)c3C)nc2)c1. The molecule has 0 fully saturated rings. The number of anilines is 1. The topological polar surface area (TPSA) is 81.9 Å². The zero-order valence-corrected chi connectivity index (χ0v) is 15.3. The van der Waals surface area contributed by atoms with Crippen molar-refractivity contribution in [3.05, 3.63) is 59.4 Å². The van der Waals surface area contributed by atoms with Gasteiger partial charge in [-0.25, -0.2) is 15.0 Å². The summed E-state index contributed by atoms with van der Waals surface area (Å²) in [4.78, 5) is 25.1. The summed E-state index contributed by atoms with van der Waals surface area (Å²) >= 11 is 0. The number of nitrogens with one attached hydrogen (secondary N) is 1. The van der Waals surface area contributed by atoms with Crippen molar-refractivity contribution in [3.8, 4) is 11.7 Å². The van der Waals surface area contributed by atoms with Gasteiger partial charge in [0.1, 0.15) is 11.6 Å². The van der Waals surface area contributed by atoms with Crippen LogP contribution in [0.3, 0.4) is 0 Å². The molecule has 0 atom stereocenters. The average molecular weight is 351 g/mol. The molecule has 3 rings (SSSR count). The van der Waals surface area contributed by atoms with E-state index in [9.17, 15) is 4.79 Å². The molecule has 0 spiro atoms. The van der Waals surface area contributed by atoms with Crippen LogP contribution in [0.2, 0.25) is 0 Å². The number of carbonyl (C=O) groups excluding carboxylic acids is 1. The molecular weight excluding hydrogens is 330 g/mol. The van der Waals surface area contributed by atoms with Crippen molar-refractivity contribution in [1.82, 2.24) is 19.5 Å². The number of benzene rings is 1. The summed E-state index contributed by atoms with van der Waals surface area (Å²) in [7, 11) is 0. The molecule has 7 heteroatoms. The molecule has 0 radical (unpaired) electrons. The maximum absolute atomic E-state index is 12.0. The largest absolute Gasteiger partial charge is 0.484 e. The van der Waals surface area contributed by atoms with Gasteiger partial charge in [0.2, 0.25) is 5.95 Å². The van der Waals surface area contributed by atoms with Gasteiger partial charge in [0, 0.05) is 5.69 Å². The molecule has 0 aliphatic rings. The van der Waals surface area contributed by atoms with Gasteiger partial charge in [-0.15, -0.1) is 0 Å². The Kier molecular flexibility index (Phi) is 4.97. The van der Waals surface area contributed by atoms with Gasteiger partial charge in [-0.05, 0) is 45.4 Å². The van der Waals surface area contributed by atoms with Gasteiger partial charge >= 0.3 is 0 Å². The second-order valence-corrected chi connectivity index (χ2v) is 6.09. The third kappa shape index (κ3) is 3.88. The van der Waals surface area contributed by atoms with E-state index in [-0.39, 0.29) is 12.5 Å². The highest BCUT2D eigenvalue weighted by Gasteiger charge is 2.12. The number of aromatic nitrogens is 4. The fourth-order valence-corrected chi connectivity index (χ4v) is 2.63. The Hall–Kier alpha value is -3.22. The van der Waals surface area contributed by atoms with Gasteiger partial charge in [0.05, 0.1) is 23.8 Å². The van der Waals surface area contributed by atoms with E-state index in [4.69, 9.17) is 4.74 Å². The molecule has 2 heterocycles. The number of aryl methyl sites for hydroxylation is 3. The van der Waals surface area contributed by atoms with Crippen LogP contribution in [0.15, 0.2) is 36.7 Å². The number of ether oxygens (including phenoxy) is 1. The minimum absolute atomic E-state index is 0.0792. The highest BCUT2D eigenvalue weighted by Crippen LogP contribution is 2.15. The predicted octanol–water partition coefficient (Wildman–Crippen LogP) is 2.91. The molecule has 0 unspecified atom stereocenters. The fourth-order valence-electron chi connectivity index (χ4n) is 2.63. The summed E-state index contributed by atoms with van der Waals surface area (Å²) in [6.45, 7) is 7.71. The van der Waals surface area contributed by atoms with Crippen LogP contribution in [-0.2, 0) is 4.79 Å². The Morgan fingerprint density at radius 3 is 2.50 bits per heavy atom. The molecule has 26 heavy (non-hydrogen) atoms. The minimum Gasteiger partial charge on any atom is -0.484 e. The molecule has 1 aromatic carbocycles. The number of hydrogen-bond donors (Lipinski definition) is 1. The number of hydrogen-bond acceptors (Lipinski definition) is 5. The Morgan fingerprint density at radius 2 is 1.88 bits per heavy atom. The molecule has 0 aliphatic carbocycles. The van der Waals surface area contributed by atoms with Crippen molar-refractivity contribution in [2.75, 3.05) is 11.9 Å². The number of amides is 1. The zero-order chi connectivity index (χ0) is 18.7. The molecule has 0 saturated carbocycles. The summed E-state index contributed by atoms with van der Waals surface area (Å²) in [5.74, 6) is 1.74. The van der Waals surface area contributed by atoms with Crippen molar-refractivity contribution in [2.45, 2.75) is 27.7 Å². The number of nitrogens with zero attached hydrogens (tertiary/aromatic N) is 4. The van der Waals surface area contributed by atoms with Crippen LogP contribution in [0.4, 0.5) is 5.69 Å². The van der Waals surface area contributed by atoms with E-state index in [0.717, 1.165) is 22.8 Å². The van der Waals surface area contributed by atoms with Crippen molar-refractivity contribution in [2.24, 2.45) is 0 Å². The highest BCUT2D eigenvalue weighted by atomic mass is 16.5. The van der Waals surface area contributed by atoms with Crippen molar-refractivity contribution in [3.63, 3.8) is 0 Å². The van der Waals surface area contributed by atoms with Crippen LogP contribution in [0.1, 0.15) is 22.8 Å². The molecule has 1 N–H and O–H groups in total. The minimum atomic E-state index is -0.270. The maximum Gasteiger partial charge on any atom is 0.262 e. The lowest BCUT2D eigenvalue weighted by Gasteiger charge is -2.09. The number of rotatable bonds is 5. The fraction of sp³-hybridized carbons (Fsp3) is 0.263. The molecule has 7 nitrogen and oxygen atoms in total. The average Bonchev–Trinajstić information content (AvgIpc) is 2.86. The lowest BCUT2D eigenvalue weighted by atomic mass is 10.2. The summed E-state index contributed by atoms with van der Waals surface area (Å²) < 4.78 is 7.36. The Morgan fingerprint density at radius 1 is 1.15 bits per heavy atom. The first-order valence-corrected chi connectivity index (χ1v) is 8.28. The third-order valence-corrected chi connectivity index (χ3v) is 3.99. The van der Waals surface area contributed by atoms with Gasteiger partial charge in [-0.2, -0.15) is 0 Å². The monoisotopic (exact) mass is 351 g/mol. The van der Waals surface area contributed by atoms with E-state index < -0.39 is 0 Å². The Bertz CT molecular complexity index is 932. The predicted molar refractivity (Wildman–Crippen MR) is 98.7 cm³/mol. The maximum atomic E-state index is 12.0. The van der Waals surface area contributed by atoms with Crippen LogP contribution in [0.5, 0.6) is 5.75 Å². The van der Waals surface area contributed by atoms with Crippen molar-refractivity contribution >= 4 is 11.6 Å². The standard InChI is InChI=1S/C19H21N5O2/c1-12-6-5-7-17(8-12)26-11-18(25)23-16-9-20-19(21-10-16)24-14(3)13(2)22-15(24)4/h5-10H,11H2,1-4H3,(H,23,25). The summed E-state index contributed by atoms with van der Waals surface area (Å²) in [6.07, 6.45) is 3.14. The van der Waals surface area contributed by atoms with Gasteiger partial charge in [-0.3, -0.25) is 9.36 Å². The van der Waals surface area contributed by atoms with Crippen LogP contribution in [-0.4, -0.2) is 32.0 Å². The third-order valence-electron chi connectivity index (χ3n) is 3.99. The molecule has 0 aliphatic heterocycles. The first-order valence-electron chi connectivity index (χ1n) is 8.28. The van der Waals surface area contributed by atoms with Crippen LogP contribution >= 0.6 is 0 Å². The van der Waals surface area contributed by atoms with Crippen molar-refractivity contribution < 1.29 is 9.53 Å². The lowest BCUT2D eigenvalue weighted by Crippen LogP contribution is -2.20. The van der Waals surface area contributed by atoms with Gasteiger partial charge in [0.25, 0.3) is 5.91 Å². The summed E-state index contributed by atoms with van der Waals surface area (Å²) in [5.41, 5.74) is 3.52. The van der Waals surface area contributed by atoms with Gasteiger partial charge < -0.3 is 10.1 Å². The first-order chi connectivity index (χ1) is 12.4. The summed E-state index contributed by atoms with van der Waals surface area (Å²) in [5, 5.41) is 2.73. The molecule has 3 aromatic rings. The normalized spacial score (nSPS) is 10.6. The second-order valence-electron chi connectivity index (χ2n) is 6.09. The molecular formula is C19H21N5O2. The van der Waals surface area contributed by atoms with Crippen LogP contribution in [0.25, 0.3) is 5.95 Å². The van der Waals surface area contributed by atoms with Crippen LogP contribution < -0.4 is 10.1 Å². The van der Waals surface area contributed by atoms with Crippen molar-refractivity contribution in [1.29, 1.82) is 0 Å². The van der Waals surface area contributed by atoms with Gasteiger partial charge in [-0.1, -0.05) is 12.1 Å². The second kappa shape index (κ2) is 7.35.